The monoisotopic (exact) mass is 396 g/mol. The molecule has 0 saturated heterocycles. The van der Waals surface area contributed by atoms with Crippen LogP contribution in [0.4, 0.5) is 21.6 Å². The lowest BCUT2D eigenvalue weighted by Crippen LogP contribution is -2.22. The molecule has 4 N–H and O–H groups in total. The van der Waals surface area contributed by atoms with Crippen molar-refractivity contribution in [1.82, 2.24) is 15.0 Å². The van der Waals surface area contributed by atoms with Gasteiger partial charge < -0.3 is 16.4 Å². The largest absolute Gasteiger partial charge is 0.382 e. The molecule has 0 saturated carbocycles. The normalized spacial score (nSPS) is 10.6. The number of amides is 2. The number of halogens is 1. The molecule has 0 radical (unpaired) electrons. The first-order valence-corrected chi connectivity index (χ1v) is 8.88. The molecular formula is C20H21FN6O2. The summed E-state index contributed by atoms with van der Waals surface area (Å²) in [5.41, 5.74) is 9.13. The number of carbonyl (C=O) groups is 2. The van der Waals surface area contributed by atoms with Crippen molar-refractivity contribution >= 4 is 29.0 Å². The highest BCUT2D eigenvalue weighted by Gasteiger charge is 2.19. The molecule has 9 heteroatoms. The first-order valence-electron chi connectivity index (χ1n) is 8.88. The van der Waals surface area contributed by atoms with Gasteiger partial charge in [-0.2, -0.15) is 0 Å². The number of nitrogens with one attached hydrogen (secondary N) is 2. The summed E-state index contributed by atoms with van der Waals surface area (Å²) in [7, 11) is 0. The zero-order chi connectivity index (χ0) is 21.1. The van der Waals surface area contributed by atoms with Gasteiger partial charge in [-0.05, 0) is 55.7 Å². The van der Waals surface area contributed by atoms with Gasteiger partial charge in [-0.3, -0.25) is 9.59 Å². The summed E-state index contributed by atoms with van der Waals surface area (Å²) in [5, 5.41) is 12.8. The molecule has 1 aromatic heterocycles. The smallest absolute Gasteiger partial charge is 0.280 e. The minimum atomic E-state index is -0.646. The number of carbonyl (C=O) groups excluding carboxylic acids is 2. The Morgan fingerprint density at radius 1 is 1.07 bits per heavy atom. The van der Waals surface area contributed by atoms with E-state index in [1.165, 1.54) is 6.07 Å². The summed E-state index contributed by atoms with van der Waals surface area (Å²) < 4.78 is 14.8. The van der Waals surface area contributed by atoms with Crippen LogP contribution in [0.2, 0.25) is 0 Å². The Morgan fingerprint density at radius 3 is 2.52 bits per heavy atom. The highest BCUT2D eigenvalue weighted by molar-refractivity contribution is 6.05. The van der Waals surface area contributed by atoms with Crippen molar-refractivity contribution in [1.29, 1.82) is 0 Å². The number of aromatic nitrogens is 3. The zero-order valence-corrected chi connectivity index (χ0v) is 16.3. The fraction of sp³-hybridized carbons (Fsp3) is 0.200. The fourth-order valence-electron chi connectivity index (χ4n) is 2.66. The summed E-state index contributed by atoms with van der Waals surface area (Å²) in [6, 6.07) is 10.0. The number of nitrogens with zero attached hydrogens (tertiary/aromatic N) is 3. The number of nitrogens with two attached hydrogens (primary N) is 1. The van der Waals surface area contributed by atoms with E-state index in [2.05, 4.69) is 20.9 Å². The van der Waals surface area contributed by atoms with E-state index in [9.17, 15) is 14.0 Å². The van der Waals surface area contributed by atoms with Crippen molar-refractivity contribution in [2.24, 2.45) is 0 Å². The van der Waals surface area contributed by atoms with E-state index < -0.39 is 11.7 Å². The number of benzene rings is 2. The van der Waals surface area contributed by atoms with Crippen LogP contribution in [0, 0.1) is 26.6 Å². The topological polar surface area (TPSA) is 115 Å². The van der Waals surface area contributed by atoms with E-state index in [0.29, 0.717) is 11.3 Å². The summed E-state index contributed by atoms with van der Waals surface area (Å²) in [6.45, 7) is 5.22. The van der Waals surface area contributed by atoms with Crippen LogP contribution < -0.4 is 16.4 Å². The Morgan fingerprint density at radius 2 is 1.79 bits per heavy atom. The quantitative estimate of drug-likeness (QED) is 0.613. The Kier molecular flexibility index (Phi) is 5.58. The lowest BCUT2D eigenvalue weighted by Gasteiger charge is -2.10. The SMILES string of the molecule is Cc1ccc(C)c(NC(=O)Cn2nnc(C(=O)Nc3ccc(C)c(F)c3)c2N)c1. The van der Waals surface area contributed by atoms with E-state index in [4.69, 9.17) is 5.73 Å². The molecule has 8 nitrogen and oxygen atoms in total. The Labute approximate surface area is 166 Å². The number of anilines is 3. The Balaban J connectivity index is 1.69. The second-order valence-corrected chi connectivity index (χ2v) is 6.77. The highest BCUT2D eigenvalue weighted by atomic mass is 19.1. The molecule has 2 amide bonds. The van der Waals surface area contributed by atoms with Crippen molar-refractivity contribution in [2.45, 2.75) is 27.3 Å². The molecule has 2 aromatic carbocycles. The molecule has 0 aliphatic carbocycles. The Hall–Kier alpha value is -3.75. The van der Waals surface area contributed by atoms with Gasteiger partial charge in [0.05, 0.1) is 0 Å². The molecule has 0 aliphatic heterocycles. The molecule has 0 bridgehead atoms. The van der Waals surface area contributed by atoms with Crippen LogP contribution in [0.3, 0.4) is 0 Å². The third kappa shape index (κ3) is 4.57. The number of rotatable bonds is 5. The van der Waals surface area contributed by atoms with Crippen LogP contribution in [0.1, 0.15) is 27.2 Å². The number of nitrogen functional groups attached to an aromatic ring is 1. The molecule has 29 heavy (non-hydrogen) atoms. The third-order valence-corrected chi connectivity index (χ3v) is 4.38. The van der Waals surface area contributed by atoms with Crippen molar-refractivity contribution in [3.63, 3.8) is 0 Å². The van der Waals surface area contributed by atoms with E-state index in [1.807, 2.05) is 32.0 Å². The molecule has 0 atom stereocenters. The van der Waals surface area contributed by atoms with Crippen molar-refractivity contribution in [3.05, 3.63) is 64.6 Å². The number of hydrogen-bond acceptors (Lipinski definition) is 5. The highest BCUT2D eigenvalue weighted by Crippen LogP contribution is 2.18. The average molecular weight is 396 g/mol. The predicted molar refractivity (Wildman–Crippen MR) is 108 cm³/mol. The number of aryl methyl sites for hydroxylation is 3. The van der Waals surface area contributed by atoms with Crippen molar-refractivity contribution in [3.8, 4) is 0 Å². The Bertz CT molecular complexity index is 1090. The van der Waals surface area contributed by atoms with Gasteiger partial charge in [0.25, 0.3) is 5.91 Å². The van der Waals surface area contributed by atoms with Crippen LogP contribution in [0.15, 0.2) is 36.4 Å². The predicted octanol–water partition coefficient (Wildman–Crippen LogP) is 2.82. The first kappa shape index (κ1) is 20.0. The minimum absolute atomic E-state index is 0.0637. The molecular weight excluding hydrogens is 375 g/mol. The van der Waals surface area contributed by atoms with Gasteiger partial charge in [-0.15, -0.1) is 5.10 Å². The van der Waals surface area contributed by atoms with Gasteiger partial charge in [0.1, 0.15) is 12.4 Å². The summed E-state index contributed by atoms with van der Waals surface area (Å²) >= 11 is 0. The molecule has 0 aliphatic rings. The lowest BCUT2D eigenvalue weighted by atomic mass is 10.1. The zero-order valence-electron chi connectivity index (χ0n) is 16.3. The molecule has 0 spiro atoms. The maximum atomic E-state index is 13.6. The summed E-state index contributed by atoms with van der Waals surface area (Å²) in [4.78, 5) is 24.7. The minimum Gasteiger partial charge on any atom is -0.382 e. The van der Waals surface area contributed by atoms with Crippen LogP contribution in [-0.2, 0) is 11.3 Å². The van der Waals surface area contributed by atoms with E-state index in [0.717, 1.165) is 15.8 Å². The maximum absolute atomic E-state index is 13.6. The van der Waals surface area contributed by atoms with Crippen molar-refractivity contribution < 1.29 is 14.0 Å². The second kappa shape index (κ2) is 8.09. The maximum Gasteiger partial charge on any atom is 0.280 e. The first-order chi connectivity index (χ1) is 13.7. The molecule has 3 rings (SSSR count). The van der Waals surface area contributed by atoms with Crippen molar-refractivity contribution in [2.75, 3.05) is 16.4 Å². The molecule has 0 unspecified atom stereocenters. The van der Waals surface area contributed by atoms with E-state index >= 15 is 0 Å². The van der Waals surface area contributed by atoms with Crippen LogP contribution in [-0.4, -0.2) is 26.8 Å². The van der Waals surface area contributed by atoms with Crippen LogP contribution in [0.5, 0.6) is 0 Å². The van der Waals surface area contributed by atoms with Crippen LogP contribution in [0.25, 0.3) is 0 Å². The van der Waals surface area contributed by atoms with Gasteiger partial charge in [0.15, 0.2) is 11.5 Å². The van der Waals surface area contributed by atoms with E-state index in [1.54, 1.807) is 19.1 Å². The van der Waals surface area contributed by atoms with E-state index in [-0.39, 0.29) is 29.7 Å². The fourth-order valence-corrected chi connectivity index (χ4v) is 2.66. The van der Waals surface area contributed by atoms with Gasteiger partial charge in [-0.1, -0.05) is 23.4 Å². The molecule has 150 valence electrons. The average Bonchev–Trinajstić information content (AvgIpc) is 3.02. The van der Waals surface area contributed by atoms with Gasteiger partial charge >= 0.3 is 0 Å². The standard InChI is InChI=1S/C20H21FN6O2/c1-11-4-5-13(3)16(8-11)24-17(28)10-27-19(22)18(25-26-27)20(29)23-14-7-6-12(2)15(21)9-14/h4-9H,10,22H2,1-3H3,(H,23,29)(H,24,28). The molecule has 1 heterocycles. The third-order valence-electron chi connectivity index (χ3n) is 4.38. The molecule has 3 aromatic rings. The number of hydrogen-bond donors (Lipinski definition) is 3. The summed E-state index contributed by atoms with van der Waals surface area (Å²) in [6.07, 6.45) is 0. The summed E-state index contributed by atoms with van der Waals surface area (Å²) in [5.74, 6) is -1.51. The molecule has 0 fully saturated rings. The van der Waals surface area contributed by atoms with Gasteiger partial charge in [-0.25, -0.2) is 9.07 Å². The second-order valence-electron chi connectivity index (χ2n) is 6.77. The van der Waals surface area contributed by atoms with Gasteiger partial charge in [0.2, 0.25) is 5.91 Å². The lowest BCUT2D eigenvalue weighted by molar-refractivity contribution is -0.116. The van der Waals surface area contributed by atoms with Gasteiger partial charge in [0, 0.05) is 11.4 Å². The van der Waals surface area contributed by atoms with Crippen LogP contribution >= 0.6 is 0 Å².